The lowest BCUT2D eigenvalue weighted by Crippen LogP contribution is -2.23. The number of benzene rings is 2. The molecule has 1 fully saturated rings. The second-order valence-electron chi connectivity index (χ2n) is 6.89. The number of nitrogens with zero attached hydrogens (tertiary/aromatic N) is 2. The topological polar surface area (TPSA) is 88.6 Å². The average Bonchev–Trinajstić information content (AvgIpc) is 3.19. The van der Waals surface area contributed by atoms with Gasteiger partial charge in [0.15, 0.2) is 0 Å². The molecule has 8 heteroatoms. The van der Waals surface area contributed by atoms with Crippen LogP contribution in [0.4, 0.5) is 11.4 Å². The van der Waals surface area contributed by atoms with Gasteiger partial charge in [0.25, 0.3) is 10.0 Å². The number of aromatic nitrogens is 1. The van der Waals surface area contributed by atoms with Crippen LogP contribution in [-0.2, 0) is 21.4 Å². The van der Waals surface area contributed by atoms with Crippen molar-refractivity contribution in [1.82, 2.24) is 4.98 Å². The first-order valence-corrected chi connectivity index (χ1v) is 11.1. The maximum Gasteiger partial charge on any atom is 0.261 e. The largest absolute Gasteiger partial charge is 0.487 e. The molecule has 0 radical (unpaired) electrons. The summed E-state index contributed by atoms with van der Waals surface area (Å²) in [5, 5.41) is 0. The SMILES string of the molecule is O=C1CCCN1c1ccc(S(=O)(=O)Nc2cccc(OCc3ccccn3)c2)cc1. The molecule has 0 saturated carbocycles. The number of hydrogen-bond acceptors (Lipinski definition) is 5. The molecule has 154 valence electrons. The van der Waals surface area contributed by atoms with Gasteiger partial charge in [-0.3, -0.25) is 14.5 Å². The highest BCUT2D eigenvalue weighted by Crippen LogP contribution is 2.25. The molecule has 7 nitrogen and oxygen atoms in total. The zero-order chi connectivity index (χ0) is 21.0. The fourth-order valence-electron chi connectivity index (χ4n) is 3.23. The molecule has 1 aliphatic heterocycles. The van der Waals surface area contributed by atoms with Crippen LogP contribution in [0.1, 0.15) is 18.5 Å². The van der Waals surface area contributed by atoms with Gasteiger partial charge in [0.1, 0.15) is 12.4 Å². The van der Waals surface area contributed by atoms with E-state index in [9.17, 15) is 13.2 Å². The van der Waals surface area contributed by atoms with Crippen LogP contribution in [0, 0.1) is 0 Å². The highest BCUT2D eigenvalue weighted by atomic mass is 32.2. The van der Waals surface area contributed by atoms with E-state index in [2.05, 4.69) is 9.71 Å². The maximum atomic E-state index is 12.7. The van der Waals surface area contributed by atoms with Crippen molar-refractivity contribution < 1.29 is 17.9 Å². The Morgan fingerprint density at radius 3 is 2.57 bits per heavy atom. The monoisotopic (exact) mass is 423 g/mol. The first-order valence-electron chi connectivity index (χ1n) is 9.57. The lowest BCUT2D eigenvalue weighted by atomic mass is 10.3. The fraction of sp³-hybridized carbons (Fsp3) is 0.182. The van der Waals surface area contributed by atoms with E-state index in [0.29, 0.717) is 30.1 Å². The maximum absolute atomic E-state index is 12.7. The van der Waals surface area contributed by atoms with Gasteiger partial charge in [-0.15, -0.1) is 0 Å². The molecule has 3 aromatic rings. The van der Waals surface area contributed by atoms with Crippen molar-refractivity contribution in [2.45, 2.75) is 24.3 Å². The second kappa shape index (κ2) is 8.54. The number of nitrogens with one attached hydrogen (secondary N) is 1. The molecule has 0 aliphatic carbocycles. The Kier molecular flexibility index (Phi) is 5.67. The lowest BCUT2D eigenvalue weighted by molar-refractivity contribution is -0.117. The number of rotatable bonds is 7. The van der Waals surface area contributed by atoms with Crippen LogP contribution in [0.15, 0.2) is 77.8 Å². The van der Waals surface area contributed by atoms with Crippen LogP contribution in [0.3, 0.4) is 0 Å². The van der Waals surface area contributed by atoms with Gasteiger partial charge in [-0.05, 0) is 55.0 Å². The number of carbonyl (C=O) groups is 1. The van der Waals surface area contributed by atoms with Crippen molar-refractivity contribution >= 4 is 27.3 Å². The van der Waals surface area contributed by atoms with E-state index in [1.807, 2.05) is 18.2 Å². The third kappa shape index (κ3) is 4.60. The zero-order valence-electron chi connectivity index (χ0n) is 16.2. The van der Waals surface area contributed by atoms with Crippen molar-refractivity contribution in [3.63, 3.8) is 0 Å². The Hall–Kier alpha value is -3.39. The van der Waals surface area contributed by atoms with Crippen molar-refractivity contribution in [3.8, 4) is 5.75 Å². The van der Waals surface area contributed by atoms with Gasteiger partial charge in [-0.1, -0.05) is 12.1 Å². The Morgan fingerprint density at radius 2 is 1.87 bits per heavy atom. The second-order valence-corrected chi connectivity index (χ2v) is 8.57. The number of sulfonamides is 1. The van der Waals surface area contributed by atoms with Gasteiger partial charge in [-0.25, -0.2) is 8.42 Å². The predicted molar refractivity (Wildman–Crippen MR) is 114 cm³/mol. The van der Waals surface area contributed by atoms with Gasteiger partial charge in [0.2, 0.25) is 5.91 Å². The molecule has 1 N–H and O–H groups in total. The van der Waals surface area contributed by atoms with Crippen molar-refractivity contribution in [1.29, 1.82) is 0 Å². The Bertz CT molecular complexity index is 1130. The van der Waals surface area contributed by atoms with Crippen LogP contribution in [0.25, 0.3) is 0 Å². The minimum atomic E-state index is -3.77. The third-order valence-corrected chi connectivity index (χ3v) is 6.13. The highest BCUT2D eigenvalue weighted by molar-refractivity contribution is 7.92. The minimum Gasteiger partial charge on any atom is -0.487 e. The highest BCUT2D eigenvalue weighted by Gasteiger charge is 2.22. The van der Waals surface area contributed by atoms with E-state index in [1.54, 1.807) is 47.5 Å². The standard InChI is InChI=1S/C22H21N3O4S/c26-22-8-4-14-25(22)19-9-11-21(12-10-19)30(27,28)24-17-6-3-7-20(15-17)29-16-18-5-1-2-13-23-18/h1-3,5-7,9-13,15,24H,4,8,14,16H2. The molecule has 2 heterocycles. The summed E-state index contributed by atoms with van der Waals surface area (Å²) in [6.45, 7) is 0.947. The zero-order valence-corrected chi connectivity index (χ0v) is 17.0. The average molecular weight is 423 g/mol. The smallest absolute Gasteiger partial charge is 0.261 e. The summed E-state index contributed by atoms with van der Waals surface area (Å²) < 4.78 is 33.8. The lowest BCUT2D eigenvalue weighted by Gasteiger charge is -2.16. The first-order chi connectivity index (χ1) is 14.5. The van der Waals surface area contributed by atoms with Crippen molar-refractivity contribution in [2.75, 3.05) is 16.2 Å². The summed E-state index contributed by atoms with van der Waals surface area (Å²) in [6.07, 6.45) is 3.04. The molecule has 1 aliphatic rings. The number of carbonyl (C=O) groups excluding carboxylic acids is 1. The van der Waals surface area contributed by atoms with Crippen LogP contribution in [0.5, 0.6) is 5.75 Å². The third-order valence-electron chi connectivity index (χ3n) is 4.73. The Labute approximate surface area is 175 Å². The van der Waals surface area contributed by atoms with Gasteiger partial charge < -0.3 is 9.64 Å². The molecule has 1 aromatic heterocycles. The Balaban J connectivity index is 1.44. The number of amides is 1. The predicted octanol–water partition coefficient (Wildman–Crippen LogP) is 3.59. The van der Waals surface area contributed by atoms with E-state index in [1.165, 1.54) is 12.1 Å². The van der Waals surface area contributed by atoms with E-state index >= 15 is 0 Å². The fourth-order valence-corrected chi connectivity index (χ4v) is 4.28. The minimum absolute atomic E-state index is 0.0613. The normalized spacial score (nSPS) is 14.0. The quantitative estimate of drug-likeness (QED) is 0.627. The molecular weight excluding hydrogens is 402 g/mol. The van der Waals surface area contributed by atoms with Crippen LogP contribution in [-0.4, -0.2) is 25.9 Å². The van der Waals surface area contributed by atoms with Crippen LogP contribution < -0.4 is 14.4 Å². The van der Waals surface area contributed by atoms with E-state index in [0.717, 1.165) is 12.1 Å². The number of hydrogen-bond donors (Lipinski definition) is 1. The summed E-state index contributed by atoms with van der Waals surface area (Å²) in [7, 11) is -3.77. The molecule has 1 amide bonds. The van der Waals surface area contributed by atoms with Gasteiger partial charge in [-0.2, -0.15) is 0 Å². The van der Waals surface area contributed by atoms with Crippen molar-refractivity contribution in [3.05, 3.63) is 78.6 Å². The molecule has 4 rings (SSSR count). The number of pyridine rings is 1. The molecule has 2 aromatic carbocycles. The van der Waals surface area contributed by atoms with E-state index in [-0.39, 0.29) is 17.4 Å². The summed E-state index contributed by atoms with van der Waals surface area (Å²) in [5.41, 5.74) is 1.88. The van der Waals surface area contributed by atoms with E-state index < -0.39 is 10.0 Å². The molecule has 30 heavy (non-hydrogen) atoms. The summed E-state index contributed by atoms with van der Waals surface area (Å²) in [5.74, 6) is 0.593. The summed E-state index contributed by atoms with van der Waals surface area (Å²) >= 11 is 0. The molecule has 0 atom stereocenters. The number of ether oxygens (including phenoxy) is 1. The Morgan fingerprint density at radius 1 is 1.03 bits per heavy atom. The van der Waals surface area contributed by atoms with Crippen molar-refractivity contribution in [2.24, 2.45) is 0 Å². The first kappa shape index (κ1) is 19.9. The number of anilines is 2. The van der Waals surface area contributed by atoms with Crippen LogP contribution >= 0.6 is 0 Å². The van der Waals surface area contributed by atoms with Crippen LogP contribution in [0.2, 0.25) is 0 Å². The molecule has 0 spiro atoms. The molecule has 1 saturated heterocycles. The summed E-state index contributed by atoms with van der Waals surface area (Å²) in [6, 6.07) is 18.6. The molecule has 0 unspecified atom stereocenters. The van der Waals surface area contributed by atoms with E-state index in [4.69, 9.17) is 4.74 Å². The molecular formula is C22H21N3O4S. The van der Waals surface area contributed by atoms with Gasteiger partial charge in [0.05, 0.1) is 16.3 Å². The molecule has 0 bridgehead atoms. The summed E-state index contributed by atoms with van der Waals surface area (Å²) in [4.78, 5) is 17.8. The van der Waals surface area contributed by atoms with Gasteiger partial charge >= 0.3 is 0 Å². The van der Waals surface area contributed by atoms with Gasteiger partial charge in [0, 0.05) is 30.9 Å².